The first-order valence-corrected chi connectivity index (χ1v) is 12.1. The van der Waals surface area contributed by atoms with Crippen LogP contribution in [-0.4, -0.2) is 46.7 Å². The molecule has 0 aliphatic carbocycles. The Labute approximate surface area is 209 Å². The summed E-state index contributed by atoms with van der Waals surface area (Å²) in [6, 6.07) is 18.3. The Morgan fingerprint density at radius 2 is 1.17 bits per heavy atom. The van der Waals surface area contributed by atoms with Gasteiger partial charge in [0.2, 0.25) is 0 Å². The molecule has 7 heteroatoms. The molecule has 2 aromatic rings. The average molecular weight is 485 g/mol. The zero-order valence-corrected chi connectivity index (χ0v) is 21.7. The van der Waals surface area contributed by atoms with Gasteiger partial charge in [0.15, 0.2) is 0 Å². The number of carbonyl (C=O) groups excluding carboxylic acids is 2. The monoisotopic (exact) mass is 484 g/mol. The van der Waals surface area contributed by atoms with Gasteiger partial charge in [0.05, 0.1) is 12.1 Å². The number of carbonyl (C=O) groups is 2. The van der Waals surface area contributed by atoms with Crippen molar-refractivity contribution in [2.45, 2.75) is 90.2 Å². The predicted molar refractivity (Wildman–Crippen MR) is 137 cm³/mol. The van der Waals surface area contributed by atoms with E-state index >= 15 is 0 Å². The summed E-state index contributed by atoms with van der Waals surface area (Å²) in [6.07, 6.45) is -0.983. The zero-order valence-electron chi connectivity index (χ0n) is 21.7. The van der Waals surface area contributed by atoms with Crippen molar-refractivity contribution in [3.63, 3.8) is 0 Å². The van der Waals surface area contributed by atoms with Crippen molar-refractivity contribution in [2.75, 3.05) is 0 Å². The predicted octanol–water partition coefficient (Wildman–Crippen LogP) is 5.01. The van der Waals surface area contributed by atoms with Crippen molar-refractivity contribution in [1.29, 1.82) is 0 Å². The lowest BCUT2D eigenvalue weighted by atomic mass is 9.94. The Morgan fingerprint density at radius 1 is 0.743 bits per heavy atom. The Hall–Kier alpha value is -3.06. The van der Waals surface area contributed by atoms with Crippen LogP contribution >= 0.6 is 0 Å². The highest BCUT2D eigenvalue weighted by atomic mass is 16.6. The van der Waals surface area contributed by atoms with E-state index in [0.29, 0.717) is 12.8 Å². The van der Waals surface area contributed by atoms with Gasteiger partial charge in [0.1, 0.15) is 11.2 Å². The number of aliphatic hydroxyl groups excluding tert-OH is 1. The molecule has 0 saturated heterocycles. The fourth-order valence-electron chi connectivity index (χ4n) is 3.63. The van der Waals surface area contributed by atoms with Crippen LogP contribution in [0.2, 0.25) is 0 Å². The summed E-state index contributed by atoms with van der Waals surface area (Å²) in [7, 11) is 0. The number of hydrogen-bond acceptors (Lipinski definition) is 5. The second-order valence-electron chi connectivity index (χ2n) is 10.8. The maximum absolute atomic E-state index is 12.5. The van der Waals surface area contributed by atoms with Crippen LogP contribution in [0.3, 0.4) is 0 Å². The molecule has 0 aliphatic rings. The van der Waals surface area contributed by atoms with Crippen molar-refractivity contribution >= 4 is 12.2 Å². The molecular formula is C28H40N2O5. The molecule has 3 atom stereocenters. The Morgan fingerprint density at radius 3 is 1.63 bits per heavy atom. The average Bonchev–Trinajstić information content (AvgIpc) is 2.72. The van der Waals surface area contributed by atoms with E-state index in [1.807, 2.05) is 60.7 Å². The van der Waals surface area contributed by atoms with Gasteiger partial charge in [-0.15, -0.1) is 0 Å². The molecule has 0 radical (unpaired) electrons. The molecule has 0 aliphatic heterocycles. The first-order chi connectivity index (χ1) is 16.3. The lowest BCUT2D eigenvalue weighted by Crippen LogP contribution is -2.50. The molecule has 0 heterocycles. The smallest absolute Gasteiger partial charge is 0.407 e. The third kappa shape index (κ3) is 11.8. The van der Waals surface area contributed by atoms with E-state index in [0.717, 1.165) is 11.1 Å². The highest BCUT2D eigenvalue weighted by molar-refractivity contribution is 5.68. The zero-order chi connectivity index (χ0) is 26.1. The van der Waals surface area contributed by atoms with Gasteiger partial charge >= 0.3 is 12.2 Å². The van der Waals surface area contributed by atoms with Crippen LogP contribution in [0.25, 0.3) is 0 Å². The molecule has 192 valence electrons. The van der Waals surface area contributed by atoms with E-state index < -0.39 is 41.6 Å². The second-order valence-corrected chi connectivity index (χ2v) is 10.8. The summed E-state index contributed by atoms with van der Waals surface area (Å²) in [6.45, 7) is 10.8. The normalized spacial score (nSPS) is 14.4. The van der Waals surface area contributed by atoms with Gasteiger partial charge in [-0.2, -0.15) is 0 Å². The number of hydrogen-bond donors (Lipinski definition) is 3. The molecule has 35 heavy (non-hydrogen) atoms. The Balaban J connectivity index is 2.20. The van der Waals surface area contributed by atoms with E-state index in [-0.39, 0.29) is 6.42 Å². The number of benzene rings is 2. The molecule has 2 aromatic carbocycles. The first kappa shape index (κ1) is 28.2. The Kier molecular flexibility index (Phi) is 10.1. The standard InChI is InChI=1S/C28H40N2O5/c1-27(2,3)34-25(32)29-22(17-20-13-9-7-10-14-20)19-24(31)23(18-21-15-11-8-12-16-21)30-26(33)35-28(4,5)6/h7-16,22-24,31H,17-19H2,1-6H3,(H,29,32)(H,30,33)/t22?,23-,24-/m0/s1. The quantitative estimate of drug-likeness (QED) is 0.465. The van der Waals surface area contributed by atoms with Crippen LogP contribution in [0.15, 0.2) is 60.7 Å². The molecule has 7 nitrogen and oxygen atoms in total. The minimum Gasteiger partial charge on any atom is -0.444 e. The van der Waals surface area contributed by atoms with E-state index in [9.17, 15) is 14.7 Å². The minimum atomic E-state index is -0.952. The van der Waals surface area contributed by atoms with Crippen molar-refractivity contribution in [1.82, 2.24) is 10.6 Å². The largest absolute Gasteiger partial charge is 0.444 e. The van der Waals surface area contributed by atoms with Gasteiger partial charge in [-0.1, -0.05) is 60.7 Å². The van der Waals surface area contributed by atoms with E-state index in [2.05, 4.69) is 10.6 Å². The maximum atomic E-state index is 12.5. The molecule has 0 saturated carbocycles. The molecule has 2 amide bonds. The highest BCUT2D eigenvalue weighted by Crippen LogP contribution is 2.16. The maximum Gasteiger partial charge on any atom is 0.407 e. The molecular weight excluding hydrogens is 444 g/mol. The lowest BCUT2D eigenvalue weighted by molar-refractivity contribution is 0.0365. The van der Waals surface area contributed by atoms with Crippen molar-refractivity contribution in [2.24, 2.45) is 0 Å². The first-order valence-electron chi connectivity index (χ1n) is 12.1. The van der Waals surface area contributed by atoms with Gasteiger partial charge in [0.25, 0.3) is 0 Å². The van der Waals surface area contributed by atoms with E-state index in [1.165, 1.54) is 0 Å². The van der Waals surface area contributed by atoms with Crippen LogP contribution in [0.1, 0.15) is 59.1 Å². The Bertz CT molecular complexity index is 920. The third-order valence-electron chi connectivity index (χ3n) is 5.04. The fraction of sp³-hybridized carbons (Fsp3) is 0.500. The molecule has 0 fully saturated rings. The van der Waals surface area contributed by atoms with Gasteiger partial charge in [-0.3, -0.25) is 0 Å². The van der Waals surface area contributed by atoms with Crippen LogP contribution in [-0.2, 0) is 22.3 Å². The summed E-state index contributed by atoms with van der Waals surface area (Å²) in [5.74, 6) is 0. The summed E-state index contributed by atoms with van der Waals surface area (Å²) in [5.41, 5.74) is 0.668. The SMILES string of the molecule is CC(C)(C)OC(=O)NC(Cc1ccccc1)C[C@H](O)[C@H](Cc1ccccc1)NC(=O)OC(C)(C)C. The number of aliphatic hydroxyl groups is 1. The number of alkyl carbamates (subject to hydrolysis) is 2. The molecule has 0 spiro atoms. The van der Waals surface area contributed by atoms with E-state index in [4.69, 9.17) is 9.47 Å². The van der Waals surface area contributed by atoms with Gasteiger partial charge in [-0.25, -0.2) is 9.59 Å². The van der Waals surface area contributed by atoms with Gasteiger partial charge in [0, 0.05) is 6.04 Å². The summed E-state index contributed by atoms with van der Waals surface area (Å²) >= 11 is 0. The second kappa shape index (κ2) is 12.6. The van der Waals surface area contributed by atoms with Crippen LogP contribution < -0.4 is 10.6 Å². The summed E-state index contributed by atoms with van der Waals surface area (Å²) in [4.78, 5) is 25.1. The van der Waals surface area contributed by atoms with E-state index in [1.54, 1.807) is 41.5 Å². The third-order valence-corrected chi connectivity index (χ3v) is 5.04. The summed E-state index contributed by atoms with van der Waals surface area (Å²) in [5, 5.41) is 17.0. The van der Waals surface area contributed by atoms with Crippen LogP contribution in [0, 0.1) is 0 Å². The van der Waals surface area contributed by atoms with Crippen molar-refractivity contribution in [3.05, 3.63) is 71.8 Å². The molecule has 1 unspecified atom stereocenters. The number of nitrogens with one attached hydrogen (secondary N) is 2. The lowest BCUT2D eigenvalue weighted by Gasteiger charge is -2.30. The molecule has 0 bridgehead atoms. The number of rotatable bonds is 9. The molecule has 3 N–H and O–H groups in total. The number of ether oxygens (including phenoxy) is 2. The number of amides is 2. The fourth-order valence-corrected chi connectivity index (χ4v) is 3.63. The van der Waals surface area contributed by atoms with Crippen LogP contribution in [0.4, 0.5) is 9.59 Å². The van der Waals surface area contributed by atoms with Crippen LogP contribution in [0.5, 0.6) is 0 Å². The molecule has 0 aromatic heterocycles. The highest BCUT2D eigenvalue weighted by Gasteiger charge is 2.29. The summed E-state index contributed by atoms with van der Waals surface area (Å²) < 4.78 is 10.9. The van der Waals surface area contributed by atoms with Crippen molar-refractivity contribution < 1.29 is 24.2 Å². The minimum absolute atomic E-state index is 0.210. The topological polar surface area (TPSA) is 96.9 Å². The van der Waals surface area contributed by atoms with Gasteiger partial charge < -0.3 is 25.2 Å². The van der Waals surface area contributed by atoms with Gasteiger partial charge in [-0.05, 0) is 71.9 Å². The molecule has 2 rings (SSSR count). The van der Waals surface area contributed by atoms with Crippen molar-refractivity contribution in [3.8, 4) is 0 Å².